The number of aromatic amines is 1. The first-order valence-corrected chi connectivity index (χ1v) is 15.9. The number of piperazine rings is 1. The Morgan fingerprint density at radius 3 is 2.90 bits per heavy atom. The summed E-state index contributed by atoms with van der Waals surface area (Å²) >= 11 is 8.66. The van der Waals surface area contributed by atoms with Gasteiger partial charge in [0.05, 0.1) is 5.69 Å². The number of benzene rings is 1. The smallest absolute Gasteiger partial charge is 0.331 e. The van der Waals surface area contributed by atoms with Crippen LogP contribution in [0.3, 0.4) is 0 Å². The second-order valence-corrected chi connectivity index (χ2v) is 14.5. The Labute approximate surface area is 236 Å². The first-order chi connectivity index (χ1) is 18.7. The minimum atomic E-state index is -3.81. The SMILES string of the molecule is CC1Cc2nc(C(=O)N3CCN(S(=O)(=O)c4cc5ccc(Cl)cc5s4)CC3CCc3noc(=O)[nH]3)sc2CN1. The Morgan fingerprint density at radius 1 is 1.26 bits per heavy atom. The third-order valence-corrected chi connectivity index (χ3v) is 11.8. The highest BCUT2D eigenvalue weighted by Crippen LogP contribution is 2.34. The number of rotatable bonds is 6. The molecule has 2 unspecified atom stereocenters. The molecule has 11 nitrogen and oxygen atoms in total. The van der Waals surface area contributed by atoms with Crippen molar-refractivity contribution in [3.8, 4) is 0 Å². The number of aromatic nitrogens is 3. The Hall–Kier alpha value is -2.62. The Morgan fingerprint density at radius 2 is 2.10 bits per heavy atom. The van der Waals surface area contributed by atoms with Crippen molar-refractivity contribution in [2.75, 3.05) is 19.6 Å². The molecular weight excluding hydrogens is 584 g/mol. The van der Waals surface area contributed by atoms with Crippen LogP contribution in [0.25, 0.3) is 10.1 Å². The molecule has 2 aliphatic heterocycles. The number of fused-ring (bicyclic) bond motifs is 2. The Kier molecular flexibility index (Phi) is 7.10. The van der Waals surface area contributed by atoms with Gasteiger partial charge in [-0.25, -0.2) is 18.2 Å². The molecule has 2 atom stereocenters. The molecule has 5 heterocycles. The average molecular weight is 609 g/mol. The number of nitrogens with zero attached hydrogens (tertiary/aromatic N) is 4. The normalized spacial score (nSPS) is 20.4. The van der Waals surface area contributed by atoms with E-state index in [2.05, 4.69) is 31.9 Å². The van der Waals surface area contributed by atoms with Crippen molar-refractivity contribution in [1.82, 2.24) is 29.6 Å². The summed E-state index contributed by atoms with van der Waals surface area (Å²) in [4.78, 5) is 35.0. The van der Waals surface area contributed by atoms with Crippen LogP contribution in [0, 0.1) is 0 Å². The molecule has 4 aromatic rings. The van der Waals surface area contributed by atoms with Crippen LogP contribution < -0.4 is 11.1 Å². The van der Waals surface area contributed by atoms with Gasteiger partial charge in [-0.2, -0.15) is 4.31 Å². The number of amides is 1. The quantitative estimate of drug-likeness (QED) is 0.340. The van der Waals surface area contributed by atoms with Crippen LogP contribution >= 0.6 is 34.3 Å². The third kappa shape index (κ3) is 5.28. The van der Waals surface area contributed by atoms with Gasteiger partial charge in [0.2, 0.25) is 0 Å². The second kappa shape index (κ2) is 10.4. The summed E-state index contributed by atoms with van der Waals surface area (Å²) in [5.74, 6) is -0.528. The lowest BCUT2D eigenvalue weighted by Gasteiger charge is -2.40. The molecule has 2 N–H and O–H groups in total. The molecule has 206 valence electrons. The molecule has 0 saturated carbocycles. The number of carbonyl (C=O) groups is 1. The third-order valence-electron chi connectivity index (χ3n) is 7.03. The number of sulfonamides is 1. The molecule has 1 aromatic carbocycles. The molecule has 1 fully saturated rings. The summed E-state index contributed by atoms with van der Waals surface area (Å²) in [6, 6.07) is 6.78. The van der Waals surface area contributed by atoms with Crippen LogP contribution in [0.4, 0.5) is 0 Å². The monoisotopic (exact) mass is 608 g/mol. The first-order valence-electron chi connectivity index (χ1n) is 12.4. The van der Waals surface area contributed by atoms with E-state index in [0.717, 1.165) is 27.1 Å². The van der Waals surface area contributed by atoms with Crippen molar-refractivity contribution in [3.05, 3.63) is 61.2 Å². The number of H-pyrrole nitrogens is 1. The number of carbonyl (C=O) groups excluding carboxylic acids is 1. The zero-order chi connectivity index (χ0) is 27.3. The summed E-state index contributed by atoms with van der Waals surface area (Å²) in [6.07, 6.45) is 1.45. The summed E-state index contributed by atoms with van der Waals surface area (Å²) in [6.45, 7) is 3.24. The number of nitrogens with one attached hydrogen (secondary N) is 2. The molecule has 2 aliphatic rings. The molecule has 1 amide bonds. The van der Waals surface area contributed by atoms with Crippen LogP contribution in [-0.4, -0.2) is 70.4 Å². The Bertz CT molecular complexity index is 1710. The lowest BCUT2D eigenvalue weighted by atomic mass is 10.1. The molecule has 6 rings (SSSR count). The zero-order valence-corrected chi connectivity index (χ0v) is 24.1. The lowest BCUT2D eigenvalue weighted by molar-refractivity contribution is 0.0550. The van der Waals surface area contributed by atoms with Crippen LogP contribution in [-0.2, 0) is 29.4 Å². The van der Waals surface area contributed by atoms with Crippen LogP contribution in [0.15, 0.2) is 37.8 Å². The molecule has 0 bridgehead atoms. The average Bonchev–Trinajstić information content (AvgIpc) is 3.64. The number of aryl methyl sites for hydroxylation is 1. The van der Waals surface area contributed by atoms with Gasteiger partial charge in [0.15, 0.2) is 10.8 Å². The van der Waals surface area contributed by atoms with Gasteiger partial charge in [-0.3, -0.25) is 14.3 Å². The molecular formula is C24H25ClN6O5S3. The van der Waals surface area contributed by atoms with E-state index in [4.69, 9.17) is 11.6 Å². The fourth-order valence-electron chi connectivity index (χ4n) is 4.99. The number of thiazole rings is 1. The van der Waals surface area contributed by atoms with Gasteiger partial charge in [-0.05, 0) is 36.9 Å². The van der Waals surface area contributed by atoms with Gasteiger partial charge < -0.3 is 10.2 Å². The predicted octanol–water partition coefficient (Wildman–Crippen LogP) is 2.87. The minimum Gasteiger partial charge on any atom is -0.331 e. The van der Waals surface area contributed by atoms with E-state index in [1.807, 2.05) is 0 Å². The van der Waals surface area contributed by atoms with Gasteiger partial charge in [0.25, 0.3) is 15.9 Å². The van der Waals surface area contributed by atoms with Crippen molar-refractivity contribution in [3.63, 3.8) is 0 Å². The maximum Gasteiger partial charge on any atom is 0.438 e. The molecule has 0 aliphatic carbocycles. The van der Waals surface area contributed by atoms with Crippen molar-refractivity contribution in [2.24, 2.45) is 0 Å². The van der Waals surface area contributed by atoms with Crippen molar-refractivity contribution in [1.29, 1.82) is 0 Å². The van der Waals surface area contributed by atoms with Gasteiger partial charge in [0.1, 0.15) is 4.21 Å². The largest absolute Gasteiger partial charge is 0.438 e. The van der Waals surface area contributed by atoms with E-state index in [9.17, 15) is 18.0 Å². The van der Waals surface area contributed by atoms with E-state index in [0.29, 0.717) is 41.3 Å². The lowest BCUT2D eigenvalue weighted by Crippen LogP contribution is -2.56. The highest BCUT2D eigenvalue weighted by Gasteiger charge is 2.38. The summed E-state index contributed by atoms with van der Waals surface area (Å²) in [5, 5.41) is 8.87. The fraction of sp³-hybridized carbons (Fsp3) is 0.417. The summed E-state index contributed by atoms with van der Waals surface area (Å²) < 4.78 is 34.4. The molecule has 15 heteroatoms. The highest BCUT2D eigenvalue weighted by atomic mass is 35.5. The summed E-state index contributed by atoms with van der Waals surface area (Å²) in [7, 11) is -3.81. The Balaban J connectivity index is 1.27. The molecule has 1 saturated heterocycles. The zero-order valence-electron chi connectivity index (χ0n) is 20.8. The van der Waals surface area contributed by atoms with Crippen LogP contribution in [0.2, 0.25) is 5.02 Å². The van der Waals surface area contributed by atoms with Crippen LogP contribution in [0.5, 0.6) is 0 Å². The van der Waals surface area contributed by atoms with Crippen molar-refractivity contribution < 1.29 is 17.7 Å². The maximum atomic E-state index is 13.7. The number of hydrogen-bond acceptors (Lipinski definition) is 10. The van der Waals surface area contributed by atoms with E-state index >= 15 is 0 Å². The molecule has 0 radical (unpaired) electrons. The molecule has 39 heavy (non-hydrogen) atoms. The number of thiophene rings is 1. The standard InChI is InChI=1S/C24H25ClN6O5S3/c1-13-8-17-19(11-26-13)38-22(27-17)23(32)31-7-6-30(12-16(31)4-5-20-28-24(33)36-29-20)39(34,35)21-9-14-2-3-15(25)10-18(14)37-21/h2-3,9-10,13,16,26H,4-8,11-12H2,1H3,(H,28,29,33). The van der Waals surface area contributed by atoms with Gasteiger partial charge in [-0.1, -0.05) is 22.8 Å². The van der Waals surface area contributed by atoms with Crippen LogP contribution in [0.1, 0.15) is 39.5 Å². The second-order valence-electron chi connectivity index (χ2n) is 9.72. The topological polar surface area (TPSA) is 142 Å². The molecule has 3 aromatic heterocycles. The fourth-order valence-corrected chi connectivity index (χ4v) is 9.28. The highest BCUT2D eigenvalue weighted by molar-refractivity contribution is 7.91. The van der Waals surface area contributed by atoms with Gasteiger partial charge >= 0.3 is 5.76 Å². The maximum absolute atomic E-state index is 13.7. The number of halogens is 1. The number of hydrogen-bond donors (Lipinski definition) is 2. The van der Waals surface area contributed by atoms with E-state index in [1.165, 1.54) is 27.0 Å². The van der Waals surface area contributed by atoms with E-state index in [-0.39, 0.29) is 29.8 Å². The predicted molar refractivity (Wildman–Crippen MR) is 148 cm³/mol. The van der Waals surface area contributed by atoms with Crippen molar-refractivity contribution >= 4 is 60.3 Å². The van der Waals surface area contributed by atoms with Crippen molar-refractivity contribution in [2.45, 2.75) is 49.0 Å². The summed E-state index contributed by atoms with van der Waals surface area (Å²) in [5.41, 5.74) is 0.942. The van der Waals surface area contributed by atoms with Gasteiger partial charge in [0, 0.05) is 65.7 Å². The molecule has 0 spiro atoms. The minimum absolute atomic E-state index is 0.106. The van der Waals surface area contributed by atoms with E-state index in [1.54, 1.807) is 29.2 Å². The van der Waals surface area contributed by atoms with Gasteiger partial charge in [-0.15, -0.1) is 22.7 Å². The first kappa shape index (κ1) is 26.6. The van der Waals surface area contributed by atoms with E-state index < -0.39 is 21.8 Å².